The molecule has 2 rings (SSSR count). The third kappa shape index (κ3) is 3.75. The van der Waals surface area contributed by atoms with E-state index in [4.69, 9.17) is 0 Å². The molecule has 1 N–H and O–H groups in total. The van der Waals surface area contributed by atoms with Gasteiger partial charge in [0, 0.05) is 31.7 Å². The molecule has 112 valence electrons. The quantitative estimate of drug-likeness (QED) is 0.911. The van der Waals surface area contributed by atoms with Crippen LogP contribution in [0.15, 0.2) is 18.3 Å². The molecule has 0 aliphatic carbocycles. The third-order valence-corrected chi connectivity index (χ3v) is 4.21. The zero-order chi connectivity index (χ0) is 14.8. The van der Waals surface area contributed by atoms with Crippen LogP contribution < -0.4 is 0 Å². The van der Waals surface area contributed by atoms with Crippen molar-refractivity contribution in [3.05, 3.63) is 29.8 Å². The molecule has 0 saturated carbocycles. The molecule has 0 amide bonds. The van der Waals surface area contributed by atoms with Crippen molar-refractivity contribution in [1.29, 1.82) is 0 Å². The highest BCUT2D eigenvalue weighted by Crippen LogP contribution is 2.21. The molecular formula is C15H24FN3O. The van der Waals surface area contributed by atoms with Crippen LogP contribution in [0.4, 0.5) is 4.39 Å². The van der Waals surface area contributed by atoms with Gasteiger partial charge in [-0.05, 0) is 39.4 Å². The first-order chi connectivity index (χ1) is 9.38. The van der Waals surface area contributed by atoms with E-state index in [1.165, 1.54) is 6.07 Å². The molecule has 20 heavy (non-hydrogen) atoms. The van der Waals surface area contributed by atoms with Crippen molar-refractivity contribution in [2.24, 2.45) is 0 Å². The smallest absolute Gasteiger partial charge is 0.141 e. The fourth-order valence-electron chi connectivity index (χ4n) is 2.57. The average Bonchev–Trinajstić information content (AvgIpc) is 2.40. The number of nitrogens with zero attached hydrogens (tertiary/aromatic N) is 3. The molecule has 0 radical (unpaired) electrons. The van der Waals surface area contributed by atoms with Crippen molar-refractivity contribution < 1.29 is 9.50 Å². The Balaban J connectivity index is 1.84. The van der Waals surface area contributed by atoms with Crippen LogP contribution in [-0.2, 0) is 0 Å². The molecule has 1 aromatic rings. The molecule has 1 unspecified atom stereocenters. The molecule has 1 fully saturated rings. The minimum absolute atomic E-state index is 0.164. The van der Waals surface area contributed by atoms with Crippen molar-refractivity contribution in [2.75, 3.05) is 33.2 Å². The number of aliphatic hydroxyl groups is 1. The molecule has 1 saturated heterocycles. The summed E-state index contributed by atoms with van der Waals surface area (Å²) in [7, 11) is 2.15. The van der Waals surface area contributed by atoms with Gasteiger partial charge in [0.1, 0.15) is 5.82 Å². The second-order valence-electron chi connectivity index (χ2n) is 6.22. The maximum Gasteiger partial charge on any atom is 0.141 e. The molecule has 1 aromatic heterocycles. The summed E-state index contributed by atoms with van der Waals surface area (Å²) in [6.07, 6.45) is 1.15. The standard InChI is InChI=1S/C15H24FN3O/c1-15(2)11-19(9-8-18(15)3)7-6-14(20)13-5-4-12(16)10-17-13/h4-5,10,14,20H,6-9,11H2,1-3H3. The number of hydrogen-bond acceptors (Lipinski definition) is 4. The van der Waals surface area contributed by atoms with E-state index in [1.807, 2.05) is 0 Å². The number of aliphatic hydroxyl groups excluding tert-OH is 1. The fourth-order valence-corrected chi connectivity index (χ4v) is 2.57. The van der Waals surface area contributed by atoms with E-state index in [-0.39, 0.29) is 11.4 Å². The van der Waals surface area contributed by atoms with Gasteiger partial charge in [-0.1, -0.05) is 0 Å². The van der Waals surface area contributed by atoms with Crippen LogP contribution in [0, 0.1) is 5.82 Å². The second kappa shape index (κ2) is 6.16. The van der Waals surface area contributed by atoms with Gasteiger partial charge in [-0.2, -0.15) is 0 Å². The predicted octanol–water partition coefficient (Wildman–Crippen LogP) is 1.67. The first kappa shape index (κ1) is 15.4. The Hall–Kier alpha value is -1.04. The van der Waals surface area contributed by atoms with E-state index >= 15 is 0 Å². The maximum absolute atomic E-state index is 12.8. The lowest BCUT2D eigenvalue weighted by Crippen LogP contribution is -2.57. The van der Waals surface area contributed by atoms with Crippen LogP contribution in [0.5, 0.6) is 0 Å². The Labute approximate surface area is 120 Å². The number of pyridine rings is 1. The van der Waals surface area contributed by atoms with E-state index in [0.717, 1.165) is 32.4 Å². The van der Waals surface area contributed by atoms with Gasteiger partial charge >= 0.3 is 0 Å². The van der Waals surface area contributed by atoms with Crippen molar-refractivity contribution in [3.63, 3.8) is 0 Å². The Morgan fingerprint density at radius 1 is 1.40 bits per heavy atom. The van der Waals surface area contributed by atoms with Gasteiger partial charge in [0.05, 0.1) is 18.0 Å². The van der Waals surface area contributed by atoms with E-state index in [0.29, 0.717) is 12.1 Å². The molecule has 1 aliphatic rings. The van der Waals surface area contributed by atoms with Gasteiger partial charge in [-0.3, -0.25) is 9.88 Å². The zero-order valence-corrected chi connectivity index (χ0v) is 12.5. The van der Waals surface area contributed by atoms with E-state index in [2.05, 4.69) is 35.7 Å². The molecule has 1 aliphatic heterocycles. The van der Waals surface area contributed by atoms with Crippen LogP contribution in [0.2, 0.25) is 0 Å². The van der Waals surface area contributed by atoms with Gasteiger partial charge in [-0.15, -0.1) is 0 Å². The average molecular weight is 281 g/mol. The largest absolute Gasteiger partial charge is 0.387 e. The minimum atomic E-state index is -0.627. The maximum atomic E-state index is 12.8. The SMILES string of the molecule is CN1CCN(CCC(O)c2ccc(F)cn2)CC1(C)C. The van der Waals surface area contributed by atoms with E-state index < -0.39 is 6.10 Å². The molecule has 0 aromatic carbocycles. The molecule has 2 heterocycles. The van der Waals surface area contributed by atoms with Crippen molar-refractivity contribution in [1.82, 2.24) is 14.8 Å². The molecule has 5 heteroatoms. The third-order valence-electron chi connectivity index (χ3n) is 4.21. The number of halogens is 1. The first-order valence-electron chi connectivity index (χ1n) is 7.11. The number of likely N-dealkylation sites (N-methyl/N-ethyl adjacent to an activating group) is 1. The Bertz CT molecular complexity index is 435. The Morgan fingerprint density at radius 2 is 2.15 bits per heavy atom. The van der Waals surface area contributed by atoms with Gasteiger partial charge < -0.3 is 10.0 Å². The summed E-state index contributed by atoms with van der Waals surface area (Å²) in [6.45, 7) is 8.35. The normalized spacial score (nSPS) is 21.9. The molecular weight excluding hydrogens is 257 g/mol. The molecule has 0 bridgehead atoms. The molecule has 1 atom stereocenters. The van der Waals surface area contributed by atoms with Gasteiger partial charge in [0.15, 0.2) is 0 Å². The zero-order valence-electron chi connectivity index (χ0n) is 12.5. The van der Waals surface area contributed by atoms with Gasteiger partial charge in [0.25, 0.3) is 0 Å². The van der Waals surface area contributed by atoms with Gasteiger partial charge in [-0.25, -0.2) is 4.39 Å². The number of rotatable bonds is 4. The second-order valence-corrected chi connectivity index (χ2v) is 6.22. The Kier molecular flexibility index (Phi) is 4.73. The highest BCUT2D eigenvalue weighted by molar-refractivity contribution is 5.08. The van der Waals surface area contributed by atoms with Crippen molar-refractivity contribution in [3.8, 4) is 0 Å². The van der Waals surface area contributed by atoms with Crippen LogP contribution in [-0.4, -0.2) is 58.7 Å². The number of piperazine rings is 1. The summed E-state index contributed by atoms with van der Waals surface area (Å²) in [5.41, 5.74) is 0.705. The fraction of sp³-hybridized carbons (Fsp3) is 0.667. The van der Waals surface area contributed by atoms with Crippen LogP contribution in [0.25, 0.3) is 0 Å². The molecule has 0 spiro atoms. The molecule has 4 nitrogen and oxygen atoms in total. The summed E-state index contributed by atoms with van der Waals surface area (Å²) < 4.78 is 12.8. The monoisotopic (exact) mass is 281 g/mol. The minimum Gasteiger partial charge on any atom is -0.387 e. The van der Waals surface area contributed by atoms with Crippen molar-refractivity contribution >= 4 is 0 Å². The highest BCUT2D eigenvalue weighted by Gasteiger charge is 2.30. The first-order valence-corrected chi connectivity index (χ1v) is 7.11. The van der Waals surface area contributed by atoms with E-state index in [9.17, 15) is 9.50 Å². The summed E-state index contributed by atoms with van der Waals surface area (Å²) in [5.74, 6) is -0.373. The highest BCUT2D eigenvalue weighted by atomic mass is 19.1. The topological polar surface area (TPSA) is 39.6 Å². The van der Waals surface area contributed by atoms with E-state index in [1.54, 1.807) is 6.07 Å². The summed E-state index contributed by atoms with van der Waals surface area (Å²) in [4.78, 5) is 8.66. The van der Waals surface area contributed by atoms with Crippen LogP contribution in [0.3, 0.4) is 0 Å². The lowest BCUT2D eigenvalue weighted by molar-refractivity contribution is 0.0309. The summed E-state index contributed by atoms with van der Waals surface area (Å²) in [6, 6.07) is 2.89. The van der Waals surface area contributed by atoms with Crippen LogP contribution in [0.1, 0.15) is 32.1 Å². The van der Waals surface area contributed by atoms with Gasteiger partial charge in [0.2, 0.25) is 0 Å². The summed E-state index contributed by atoms with van der Waals surface area (Å²) in [5, 5.41) is 10.1. The van der Waals surface area contributed by atoms with Crippen LogP contribution >= 0.6 is 0 Å². The Morgan fingerprint density at radius 3 is 2.75 bits per heavy atom. The lowest BCUT2D eigenvalue weighted by atomic mass is 9.99. The predicted molar refractivity (Wildman–Crippen MR) is 76.9 cm³/mol. The lowest BCUT2D eigenvalue weighted by Gasteiger charge is -2.45. The number of aromatic nitrogens is 1. The van der Waals surface area contributed by atoms with Crippen molar-refractivity contribution in [2.45, 2.75) is 31.9 Å². The number of hydrogen-bond donors (Lipinski definition) is 1. The summed E-state index contributed by atoms with van der Waals surface area (Å²) >= 11 is 0.